The minimum Gasteiger partial charge on any atom is -0.480 e. The average Bonchev–Trinajstić information content (AvgIpc) is 3.22. The molecule has 4 rings (SSSR count). The van der Waals surface area contributed by atoms with Crippen LogP contribution in [0.2, 0.25) is 25.7 Å². The number of methoxy groups -OCH3 is 1. The van der Waals surface area contributed by atoms with Gasteiger partial charge < -0.3 is 24.5 Å². The number of benzene rings is 1. The van der Waals surface area contributed by atoms with Gasteiger partial charge in [-0.15, -0.1) is 0 Å². The van der Waals surface area contributed by atoms with Crippen LogP contribution in [0.3, 0.4) is 0 Å². The molecule has 0 unspecified atom stereocenters. The maximum atomic E-state index is 14.6. The molecule has 1 aromatic carbocycles. The molecule has 0 aliphatic rings. The molecule has 0 saturated heterocycles. The Balaban J connectivity index is 1.83. The van der Waals surface area contributed by atoms with Crippen molar-refractivity contribution in [2.45, 2.75) is 32.4 Å². The van der Waals surface area contributed by atoms with Crippen LogP contribution in [0.5, 0.6) is 17.4 Å². The first kappa shape index (κ1) is 26.1. The minimum absolute atomic E-state index is 0.0575. The second kappa shape index (κ2) is 10.5. The van der Waals surface area contributed by atoms with Crippen LogP contribution in [0.15, 0.2) is 42.9 Å². The Morgan fingerprint density at radius 3 is 2.51 bits per heavy atom. The molecule has 37 heavy (non-hydrogen) atoms. The van der Waals surface area contributed by atoms with Gasteiger partial charge in [-0.2, -0.15) is 5.26 Å². The number of nitrogens with zero attached hydrogens (tertiary/aromatic N) is 4. The average molecular weight is 524 g/mol. The van der Waals surface area contributed by atoms with Gasteiger partial charge in [-0.3, -0.25) is 0 Å². The van der Waals surface area contributed by atoms with E-state index in [1.165, 1.54) is 19.4 Å². The molecule has 0 atom stereocenters. The molecule has 0 spiro atoms. The number of rotatable bonds is 9. The molecule has 4 aromatic rings. The maximum absolute atomic E-state index is 14.6. The van der Waals surface area contributed by atoms with E-state index in [4.69, 9.17) is 19.9 Å². The van der Waals surface area contributed by atoms with Gasteiger partial charge in [0.15, 0.2) is 17.4 Å². The Morgan fingerprint density at radius 2 is 1.86 bits per heavy atom. The molecule has 3 heterocycles. The Morgan fingerprint density at radius 1 is 1.14 bits per heavy atom. The molecule has 0 amide bonds. The normalized spacial score (nSPS) is 11.5. The number of nitrogens with two attached hydrogens (primary N) is 1. The van der Waals surface area contributed by atoms with E-state index in [9.17, 15) is 14.0 Å². The van der Waals surface area contributed by atoms with Crippen molar-refractivity contribution < 1.29 is 23.0 Å². The van der Waals surface area contributed by atoms with E-state index in [2.05, 4.69) is 35.7 Å². The fourth-order valence-corrected chi connectivity index (χ4v) is 4.52. The van der Waals surface area contributed by atoms with Crippen molar-refractivity contribution in [3.63, 3.8) is 0 Å². The first-order chi connectivity index (χ1) is 17.6. The van der Waals surface area contributed by atoms with Crippen molar-refractivity contribution in [1.29, 1.82) is 5.26 Å². The van der Waals surface area contributed by atoms with Gasteiger partial charge in [0.2, 0.25) is 5.88 Å². The predicted octanol–water partition coefficient (Wildman–Crippen LogP) is 5.94. The molecular weight excluding hydrogens is 496 g/mol. The third-order valence-corrected chi connectivity index (χ3v) is 7.36. The Kier molecular flexibility index (Phi) is 7.42. The molecule has 0 saturated carbocycles. The molecule has 0 fully saturated rings. The number of aromatic nitrogens is 3. The van der Waals surface area contributed by atoms with E-state index in [-0.39, 0.29) is 29.6 Å². The lowest BCUT2D eigenvalue weighted by Gasteiger charge is -2.15. The fraction of sp³-hybridized carbons (Fsp3) is 0.269. The number of ether oxygens (including phenoxy) is 3. The van der Waals surface area contributed by atoms with Gasteiger partial charge in [0.05, 0.1) is 12.5 Å². The summed E-state index contributed by atoms with van der Waals surface area (Å²) in [6.45, 7) is 7.60. The van der Waals surface area contributed by atoms with Crippen LogP contribution in [0, 0.1) is 23.0 Å². The Hall–Kier alpha value is -4.01. The quantitative estimate of drug-likeness (QED) is 0.164. The van der Waals surface area contributed by atoms with Crippen molar-refractivity contribution in [1.82, 2.24) is 14.5 Å². The van der Waals surface area contributed by atoms with Gasteiger partial charge in [-0.1, -0.05) is 19.6 Å². The SMILES string of the molecule is COc1ncc(-c2cn(COCC[Si](C)(C)C)c3nccc(Oc4c(F)cc(N)cc4F)c23)cc1C#N. The number of anilines is 1. The van der Waals surface area contributed by atoms with Crippen LogP contribution >= 0.6 is 0 Å². The third-order valence-electron chi connectivity index (χ3n) is 5.65. The van der Waals surface area contributed by atoms with E-state index < -0.39 is 25.5 Å². The van der Waals surface area contributed by atoms with Crippen LogP contribution in [0.1, 0.15) is 5.56 Å². The van der Waals surface area contributed by atoms with E-state index >= 15 is 0 Å². The lowest BCUT2D eigenvalue weighted by molar-refractivity contribution is 0.0899. The summed E-state index contributed by atoms with van der Waals surface area (Å²) < 4.78 is 47.8. The van der Waals surface area contributed by atoms with Gasteiger partial charge >= 0.3 is 0 Å². The summed E-state index contributed by atoms with van der Waals surface area (Å²) in [6.07, 6.45) is 4.82. The lowest BCUT2D eigenvalue weighted by atomic mass is 10.1. The topological polar surface area (TPSA) is 108 Å². The number of fused-ring (bicyclic) bond motifs is 1. The number of nitriles is 1. The van der Waals surface area contributed by atoms with Gasteiger partial charge in [0.1, 0.15) is 29.8 Å². The molecule has 0 radical (unpaired) electrons. The molecule has 0 aliphatic heterocycles. The Bertz CT molecular complexity index is 1470. The number of pyridine rings is 2. The standard InChI is InChI=1S/C26H27F2N5O3Si/c1-34-26-16(12-29)9-17(13-32-26)19-14-33(15-35-7-8-37(2,3)4)25-23(19)22(5-6-31-25)36-24-20(27)10-18(30)11-21(24)28/h5-6,9-11,13-14H,7-8,15,30H2,1-4H3. The fourth-order valence-electron chi connectivity index (χ4n) is 3.76. The zero-order chi connectivity index (χ0) is 26.7. The van der Waals surface area contributed by atoms with E-state index in [0.717, 1.165) is 18.2 Å². The van der Waals surface area contributed by atoms with Crippen molar-refractivity contribution in [2.75, 3.05) is 19.5 Å². The highest BCUT2D eigenvalue weighted by atomic mass is 28.3. The highest BCUT2D eigenvalue weighted by Gasteiger charge is 2.21. The highest BCUT2D eigenvalue weighted by Crippen LogP contribution is 2.40. The highest BCUT2D eigenvalue weighted by molar-refractivity contribution is 6.76. The van der Waals surface area contributed by atoms with Crippen molar-refractivity contribution in [3.8, 4) is 34.6 Å². The summed E-state index contributed by atoms with van der Waals surface area (Å²) in [5, 5.41) is 10.0. The van der Waals surface area contributed by atoms with E-state index in [1.807, 2.05) is 0 Å². The van der Waals surface area contributed by atoms with E-state index in [1.54, 1.807) is 23.0 Å². The first-order valence-corrected chi connectivity index (χ1v) is 15.2. The summed E-state index contributed by atoms with van der Waals surface area (Å²) in [7, 11) is 0.145. The summed E-state index contributed by atoms with van der Waals surface area (Å²) >= 11 is 0. The largest absolute Gasteiger partial charge is 0.480 e. The van der Waals surface area contributed by atoms with Crippen molar-refractivity contribution >= 4 is 24.8 Å². The number of nitrogen functional groups attached to an aromatic ring is 1. The van der Waals surface area contributed by atoms with Crippen LogP contribution in [0.4, 0.5) is 14.5 Å². The molecule has 0 aliphatic carbocycles. The number of halogens is 2. The second-order valence-electron chi connectivity index (χ2n) is 9.68. The van der Waals surface area contributed by atoms with Crippen LogP contribution in [-0.4, -0.2) is 36.3 Å². The van der Waals surface area contributed by atoms with Crippen molar-refractivity contribution in [3.05, 3.63) is 60.1 Å². The molecule has 2 N–H and O–H groups in total. The second-order valence-corrected chi connectivity index (χ2v) is 15.3. The monoisotopic (exact) mass is 523 g/mol. The zero-order valence-corrected chi connectivity index (χ0v) is 22.0. The summed E-state index contributed by atoms with van der Waals surface area (Å²) in [5.74, 6) is -2.10. The van der Waals surface area contributed by atoms with Crippen molar-refractivity contribution in [2.24, 2.45) is 0 Å². The van der Waals surface area contributed by atoms with Crippen LogP contribution in [-0.2, 0) is 11.5 Å². The minimum atomic E-state index is -1.28. The molecule has 3 aromatic heterocycles. The Labute approximate surface area is 214 Å². The number of hydrogen-bond acceptors (Lipinski definition) is 7. The van der Waals surface area contributed by atoms with Crippen LogP contribution < -0.4 is 15.2 Å². The lowest BCUT2D eigenvalue weighted by Crippen LogP contribution is -2.22. The molecular formula is C26H27F2N5O3Si. The summed E-state index contributed by atoms with van der Waals surface area (Å²) in [6, 6.07) is 8.17. The zero-order valence-electron chi connectivity index (χ0n) is 21.0. The summed E-state index contributed by atoms with van der Waals surface area (Å²) in [4.78, 5) is 8.73. The molecule has 0 bridgehead atoms. The third kappa shape index (κ3) is 5.71. The molecule has 11 heteroatoms. The van der Waals surface area contributed by atoms with E-state index in [0.29, 0.717) is 28.8 Å². The van der Waals surface area contributed by atoms with Gasteiger partial charge in [-0.25, -0.2) is 18.7 Å². The maximum Gasteiger partial charge on any atom is 0.231 e. The predicted molar refractivity (Wildman–Crippen MR) is 139 cm³/mol. The van der Waals surface area contributed by atoms with Gasteiger partial charge in [0.25, 0.3) is 0 Å². The smallest absolute Gasteiger partial charge is 0.231 e. The molecule has 8 nitrogen and oxygen atoms in total. The van der Waals surface area contributed by atoms with Gasteiger partial charge in [-0.05, 0) is 18.2 Å². The first-order valence-electron chi connectivity index (χ1n) is 11.5. The molecule has 192 valence electrons. The van der Waals surface area contributed by atoms with Gasteiger partial charge in [0, 0.05) is 62.2 Å². The van der Waals surface area contributed by atoms with Crippen LogP contribution in [0.25, 0.3) is 22.2 Å². The number of hydrogen-bond donors (Lipinski definition) is 1. The summed E-state index contributed by atoms with van der Waals surface area (Å²) in [5.41, 5.74) is 7.36.